The molecule has 1 N–H and O–H groups in total. The van der Waals surface area contributed by atoms with Crippen molar-refractivity contribution in [3.05, 3.63) is 29.3 Å². The highest BCUT2D eigenvalue weighted by atomic mass is 35.5. The van der Waals surface area contributed by atoms with Crippen LogP contribution < -0.4 is 5.32 Å². The minimum absolute atomic E-state index is 0.664. The van der Waals surface area contributed by atoms with Gasteiger partial charge in [-0.05, 0) is 62.4 Å². The van der Waals surface area contributed by atoms with Gasteiger partial charge < -0.3 is 5.32 Å². The van der Waals surface area contributed by atoms with Gasteiger partial charge >= 0.3 is 0 Å². The minimum atomic E-state index is 0.664. The van der Waals surface area contributed by atoms with Crippen LogP contribution in [0.3, 0.4) is 0 Å². The summed E-state index contributed by atoms with van der Waals surface area (Å²) in [7, 11) is 0. The molecule has 0 aliphatic heterocycles. The summed E-state index contributed by atoms with van der Waals surface area (Å²) in [5.41, 5.74) is 0. The van der Waals surface area contributed by atoms with Gasteiger partial charge in [0.2, 0.25) is 0 Å². The Morgan fingerprint density at radius 3 is 2.68 bits per heavy atom. The van der Waals surface area contributed by atoms with Crippen molar-refractivity contribution in [1.82, 2.24) is 5.32 Å². The highest BCUT2D eigenvalue weighted by Crippen LogP contribution is 2.36. The molecule has 0 heterocycles. The lowest BCUT2D eigenvalue weighted by atomic mass is 9.87. The lowest BCUT2D eigenvalue weighted by molar-refractivity contribution is 0.317. The monoisotopic (exact) mass is 297 g/mol. The van der Waals surface area contributed by atoms with E-state index < -0.39 is 0 Å². The second-order valence-electron chi connectivity index (χ2n) is 5.59. The number of rotatable bonds is 5. The molecule has 1 aromatic rings. The van der Waals surface area contributed by atoms with Gasteiger partial charge in [0, 0.05) is 21.2 Å². The summed E-state index contributed by atoms with van der Waals surface area (Å²) < 4.78 is 0. The minimum Gasteiger partial charge on any atom is -0.313 e. The van der Waals surface area contributed by atoms with Crippen LogP contribution in [0.15, 0.2) is 29.2 Å². The SMILES string of the molecule is CCCNC1CCC(C)CC1Sc1ccc(Cl)cc1. The van der Waals surface area contributed by atoms with Crippen LogP contribution in [0.1, 0.15) is 39.5 Å². The van der Waals surface area contributed by atoms with E-state index in [9.17, 15) is 0 Å². The fraction of sp³-hybridized carbons (Fsp3) is 0.625. The molecule has 1 fully saturated rings. The molecule has 2 rings (SSSR count). The molecule has 0 saturated heterocycles. The van der Waals surface area contributed by atoms with Crippen LogP contribution in [-0.4, -0.2) is 17.8 Å². The van der Waals surface area contributed by atoms with Crippen LogP contribution in [0.4, 0.5) is 0 Å². The van der Waals surface area contributed by atoms with Crippen molar-refractivity contribution in [2.45, 2.75) is 55.7 Å². The lowest BCUT2D eigenvalue weighted by Gasteiger charge is -2.35. The van der Waals surface area contributed by atoms with E-state index in [1.807, 2.05) is 23.9 Å². The molecule has 3 atom stereocenters. The van der Waals surface area contributed by atoms with Gasteiger partial charge in [-0.15, -0.1) is 11.8 Å². The van der Waals surface area contributed by atoms with E-state index in [0.29, 0.717) is 11.3 Å². The normalized spacial score (nSPS) is 27.4. The highest BCUT2D eigenvalue weighted by molar-refractivity contribution is 8.00. The topological polar surface area (TPSA) is 12.0 Å². The quantitative estimate of drug-likeness (QED) is 0.822. The van der Waals surface area contributed by atoms with Crippen molar-refractivity contribution in [2.75, 3.05) is 6.54 Å². The van der Waals surface area contributed by atoms with E-state index in [1.165, 1.54) is 30.6 Å². The number of thioether (sulfide) groups is 1. The summed E-state index contributed by atoms with van der Waals surface area (Å²) in [6.45, 7) is 5.75. The Kier molecular flexibility index (Phi) is 6.06. The molecule has 0 radical (unpaired) electrons. The molecular formula is C16H24ClNS. The Morgan fingerprint density at radius 2 is 2.00 bits per heavy atom. The molecule has 0 spiro atoms. The van der Waals surface area contributed by atoms with E-state index in [-0.39, 0.29) is 0 Å². The molecule has 0 aromatic heterocycles. The molecule has 19 heavy (non-hydrogen) atoms. The molecular weight excluding hydrogens is 274 g/mol. The van der Waals surface area contributed by atoms with Crippen LogP contribution >= 0.6 is 23.4 Å². The first-order valence-electron chi connectivity index (χ1n) is 7.34. The summed E-state index contributed by atoms with van der Waals surface area (Å²) >= 11 is 7.97. The van der Waals surface area contributed by atoms with Crippen LogP contribution in [0.2, 0.25) is 5.02 Å². The fourth-order valence-corrected chi connectivity index (χ4v) is 4.30. The second kappa shape index (κ2) is 7.56. The van der Waals surface area contributed by atoms with Gasteiger partial charge in [-0.2, -0.15) is 0 Å². The van der Waals surface area contributed by atoms with Crippen molar-refractivity contribution in [1.29, 1.82) is 0 Å². The Balaban J connectivity index is 1.98. The molecule has 1 aliphatic carbocycles. The molecule has 0 bridgehead atoms. The highest BCUT2D eigenvalue weighted by Gasteiger charge is 2.28. The largest absolute Gasteiger partial charge is 0.313 e. The van der Waals surface area contributed by atoms with Gasteiger partial charge in [0.1, 0.15) is 0 Å². The Morgan fingerprint density at radius 1 is 1.26 bits per heavy atom. The maximum absolute atomic E-state index is 5.95. The first-order chi connectivity index (χ1) is 9.19. The number of halogens is 1. The van der Waals surface area contributed by atoms with Gasteiger partial charge in [-0.25, -0.2) is 0 Å². The molecule has 1 aromatic carbocycles. The van der Waals surface area contributed by atoms with E-state index in [4.69, 9.17) is 11.6 Å². The van der Waals surface area contributed by atoms with Crippen LogP contribution in [-0.2, 0) is 0 Å². The van der Waals surface area contributed by atoms with Crippen LogP contribution in [0.25, 0.3) is 0 Å². The number of benzene rings is 1. The molecule has 0 amide bonds. The molecule has 1 aliphatic rings. The smallest absolute Gasteiger partial charge is 0.0406 e. The van der Waals surface area contributed by atoms with Gasteiger partial charge in [0.25, 0.3) is 0 Å². The van der Waals surface area contributed by atoms with Crippen molar-refractivity contribution in [2.24, 2.45) is 5.92 Å². The third kappa shape index (κ3) is 4.70. The van der Waals surface area contributed by atoms with Crippen molar-refractivity contribution in [3.63, 3.8) is 0 Å². The first-order valence-corrected chi connectivity index (χ1v) is 8.60. The van der Waals surface area contributed by atoms with E-state index in [2.05, 4.69) is 31.3 Å². The molecule has 3 heteroatoms. The third-order valence-corrected chi connectivity index (χ3v) is 5.43. The number of hydrogen-bond donors (Lipinski definition) is 1. The summed E-state index contributed by atoms with van der Waals surface area (Å²) in [6.07, 6.45) is 5.20. The lowest BCUT2D eigenvalue weighted by Crippen LogP contribution is -2.42. The molecule has 3 unspecified atom stereocenters. The zero-order valence-electron chi connectivity index (χ0n) is 11.9. The van der Waals surface area contributed by atoms with Crippen molar-refractivity contribution in [3.8, 4) is 0 Å². The average Bonchev–Trinajstić information content (AvgIpc) is 2.40. The maximum Gasteiger partial charge on any atom is 0.0406 e. The molecule has 1 saturated carbocycles. The number of hydrogen-bond acceptors (Lipinski definition) is 2. The zero-order chi connectivity index (χ0) is 13.7. The summed E-state index contributed by atoms with van der Waals surface area (Å²) in [5, 5.41) is 5.24. The Bertz CT molecular complexity index is 377. The van der Waals surface area contributed by atoms with Crippen LogP contribution in [0.5, 0.6) is 0 Å². The standard InChI is InChI=1S/C16H24ClNS/c1-3-10-18-15-9-4-12(2)11-16(15)19-14-7-5-13(17)6-8-14/h5-8,12,15-16,18H,3-4,9-11H2,1-2H3. The third-order valence-electron chi connectivity index (χ3n) is 3.81. The summed E-state index contributed by atoms with van der Waals surface area (Å²) in [5.74, 6) is 0.851. The van der Waals surface area contributed by atoms with E-state index >= 15 is 0 Å². The average molecular weight is 298 g/mol. The van der Waals surface area contributed by atoms with E-state index in [1.54, 1.807) is 0 Å². The molecule has 1 nitrogen and oxygen atoms in total. The van der Waals surface area contributed by atoms with Gasteiger partial charge in [0.05, 0.1) is 0 Å². The van der Waals surface area contributed by atoms with Gasteiger partial charge in [-0.3, -0.25) is 0 Å². The Hall–Kier alpha value is -0.180. The van der Waals surface area contributed by atoms with Crippen LogP contribution in [0, 0.1) is 5.92 Å². The number of nitrogens with one attached hydrogen (secondary N) is 1. The second-order valence-corrected chi connectivity index (χ2v) is 7.34. The summed E-state index contributed by atoms with van der Waals surface area (Å²) in [4.78, 5) is 1.34. The zero-order valence-corrected chi connectivity index (χ0v) is 13.4. The van der Waals surface area contributed by atoms with Crippen molar-refractivity contribution < 1.29 is 0 Å². The predicted molar refractivity (Wildman–Crippen MR) is 86.2 cm³/mol. The van der Waals surface area contributed by atoms with Gasteiger partial charge in [0.15, 0.2) is 0 Å². The predicted octanol–water partition coefficient (Wildman–Crippen LogP) is 4.99. The first kappa shape index (κ1) is 15.2. The molecule has 106 valence electrons. The maximum atomic E-state index is 5.95. The van der Waals surface area contributed by atoms with Gasteiger partial charge in [-0.1, -0.05) is 25.4 Å². The Labute approximate surface area is 126 Å². The van der Waals surface area contributed by atoms with E-state index in [0.717, 1.165) is 17.5 Å². The van der Waals surface area contributed by atoms with Crippen molar-refractivity contribution >= 4 is 23.4 Å². The fourth-order valence-electron chi connectivity index (χ4n) is 2.71. The summed E-state index contributed by atoms with van der Waals surface area (Å²) in [6, 6.07) is 8.93.